The summed E-state index contributed by atoms with van der Waals surface area (Å²) in [6.45, 7) is 5.91. The van der Waals surface area contributed by atoms with Gasteiger partial charge in [-0.2, -0.15) is 0 Å². The summed E-state index contributed by atoms with van der Waals surface area (Å²) in [4.78, 5) is 46.8. The number of nitrogens with zero attached hydrogens (tertiary/aromatic N) is 3. The molecule has 1 aliphatic carbocycles. The van der Waals surface area contributed by atoms with E-state index in [1.807, 2.05) is 0 Å². The highest BCUT2D eigenvalue weighted by atomic mass is 35.5. The van der Waals surface area contributed by atoms with Crippen molar-refractivity contribution >= 4 is 52.0 Å². The lowest BCUT2D eigenvalue weighted by molar-refractivity contribution is -0.121. The van der Waals surface area contributed by atoms with E-state index in [0.29, 0.717) is 34.3 Å². The molecule has 0 bridgehead atoms. The zero-order valence-corrected chi connectivity index (χ0v) is 26.3. The first-order chi connectivity index (χ1) is 20.3. The van der Waals surface area contributed by atoms with Crippen LogP contribution in [-0.2, 0) is 9.53 Å². The molecule has 1 aliphatic rings. The highest BCUT2D eigenvalue weighted by molar-refractivity contribution is 6.30. The van der Waals surface area contributed by atoms with Gasteiger partial charge < -0.3 is 34.3 Å². The first-order valence-electron chi connectivity index (χ1n) is 14.3. The SMILES string of the molecule is CN(CCOc1ccc2oc(C(=O)Nc3ccc(Cl)cn3)c(NC(=O)[C@H]3CC[C@H](N(C)C)CC3)c2c1)C(=O)OC(C)(C)C. The van der Waals surface area contributed by atoms with Crippen molar-refractivity contribution in [3.05, 3.63) is 47.3 Å². The Morgan fingerprint density at radius 3 is 2.40 bits per heavy atom. The van der Waals surface area contributed by atoms with Gasteiger partial charge in [0.1, 0.15) is 35.0 Å². The predicted molar refractivity (Wildman–Crippen MR) is 166 cm³/mol. The Balaban J connectivity index is 1.54. The molecule has 0 radical (unpaired) electrons. The van der Waals surface area contributed by atoms with Gasteiger partial charge in [0.2, 0.25) is 11.7 Å². The van der Waals surface area contributed by atoms with Gasteiger partial charge in [0.15, 0.2) is 0 Å². The van der Waals surface area contributed by atoms with E-state index in [-0.39, 0.29) is 35.7 Å². The van der Waals surface area contributed by atoms with Crippen LogP contribution < -0.4 is 15.4 Å². The predicted octanol–water partition coefficient (Wildman–Crippen LogP) is 6.04. The second-order valence-electron chi connectivity index (χ2n) is 12.0. The van der Waals surface area contributed by atoms with Gasteiger partial charge >= 0.3 is 6.09 Å². The van der Waals surface area contributed by atoms with Gasteiger partial charge in [0, 0.05) is 30.6 Å². The number of hydrogen-bond donors (Lipinski definition) is 2. The van der Waals surface area contributed by atoms with Crippen LogP contribution in [0.4, 0.5) is 16.3 Å². The fraction of sp³-hybridized carbons (Fsp3) is 0.484. The van der Waals surface area contributed by atoms with Crippen molar-refractivity contribution in [2.45, 2.75) is 58.1 Å². The first kappa shape index (κ1) is 32.1. The number of amides is 3. The molecule has 11 nitrogen and oxygen atoms in total. The van der Waals surface area contributed by atoms with Crippen molar-refractivity contribution < 1.29 is 28.3 Å². The summed E-state index contributed by atoms with van der Waals surface area (Å²) < 4.78 is 17.3. The van der Waals surface area contributed by atoms with Gasteiger partial charge in [0.05, 0.1) is 11.6 Å². The average molecular weight is 614 g/mol. The van der Waals surface area contributed by atoms with Gasteiger partial charge in [-0.05, 0) is 90.9 Å². The van der Waals surface area contributed by atoms with Crippen molar-refractivity contribution in [3.8, 4) is 5.75 Å². The smallest absolute Gasteiger partial charge is 0.410 e. The number of rotatable bonds is 9. The lowest BCUT2D eigenvalue weighted by Gasteiger charge is -2.31. The molecular formula is C31H40ClN5O6. The third-order valence-electron chi connectivity index (χ3n) is 7.28. The van der Waals surface area contributed by atoms with Crippen LogP contribution in [0.3, 0.4) is 0 Å². The maximum absolute atomic E-state index is 13.4. The van der Waals surface area contributed by atoms with E-state index < -0.39 is 17.6 Å². The Kier molecular flexibility index (Phi) is 10.2. The number of halogens is 1. The number of carbonyl (C=O) groups excluding carboxylic acids is 3. The fourth-order valence-corrected chi connectivity index (χ4v) is 5.00. The number of fused-ring (bicyclic) bond motifs is 1. The molecule has 0 aliphatic heterocycles. The van der Waals surface area contributed by atoms with Crippen LogP contribution in [0.2, 0.25) is 5.02 Å². The summed E-state index contributed by atoms with van der Waals surface area (Å²) >= 11 is 5.93. The minimum Gasteiger partial charge on any atom is -0.492 e. The van der Waals surface area contributed by atoms with Crippen LogP contribution >= 0.6 is 11.6 Å². The summed E-state index contributed by atoms with van der Waals surface area (Å²) in [5.74, 6) is -0.198. The Labute approximate surface area is 256 Å². The van der Waals surface area contributed by atoms with Gasteiger partial charge in [-0.25, -0.2) is 9.78 Å². The lowest BCUT2D eigenvalue weighted by Crippen LogP contribution is -2.36. The Bertz CT molecular complexity index is 1440. The largest absolute Gasteiger partial charge is 0.492 e. The van der Waals surface area contributed by atoms with Crippen molar-refractivity contribution in [2.75, 3.05) is 44.9 Å². The lowest BCUT2D eigenvalue weighted by atomic mass is 9.85. The summed E-state index contributed by atoms with van der Waals surface area (Å²) in [5.41, 5.74) is 0.0649. The van der Waals surface area contributed by atoms with Crippen molar-refractivity contribution in [1.29, 1.82) is 0 Å². The molecule has 2 N–H and O–H groups in total. The third-order valence-corrected chi connectivity index (χ3v) is 7.50. The van der Waals surface area contributed by atoms with Crippen molar-refractivity contribution in [2.24, 2.45) is 5.92 Å². The minimum absolute atomic E-state index is 0.0520. The number of pyridine rings is 1. The standard InChI is InChI=1S/C31H40ClN5O6/c1-31(2,3)43-30(40)37(6)15-16-41-22-12-13-24-23(17-22)26(35-28(38)19-7-10-21(11-8-19)36(4)5)27(42-24)29(39)34-25-14-9-20(32)18-33-25/h9,12-14,17-19,21H,7-8,10-11,15-16H2,1-6H3,(H,35,38)(H,33,34,39)/t19-,21-. The van der Waals surface area contributed by atoms with Crippen LogP contribution in [-0.4, -0.2) is 78.6 Å². The number of hydrogen-bond acceptors (Lipinski definition) is 8. The normalized spacial score (nSPS) is 17.0. The number of benzene rings is 1. The van der Waals surface area contributed by atoms with E-state index in [0.717, 1.165) is 25.7 Å². The molecule has 232 valence electrons. The van der Waals surface area contributed by atoms with Crippen LogP contribution in [0.1, 0.15) is 57.0 Å². The Morgan fingerprint density at radius 1 is 1.05 bits per heavy atom. The van der Waals surface area contributed by atoms with E-state index in [4.69, 9.17) is 25.5 Å². The quantitative estimate of drug-likeness (QED) is 0.299. The first-order valence-corrected chi connectivity index (χ1v) is 14.7. The summed E-state index contributed by atoms with van der Waals surface area (Å²) in [6, 6.07) is 8.72. The third kappa shape index (κ3) is 8.61. The molecule has 1 fully saturated rings. The number of aromatic nitrogens is 1. The van der Waals surface area contributed by atoms with Crippen LogP contribution in [0.5, 0.6) is 5.75 Å². The van der Waals surface area contributed by atoms with E-state index in [9.17, 15) is 14.4 Å². The Hall–Kier alpha value is -3.83. The maximum Gasteiger partial charge on any atom is 0.410 e. The highest BCUT2D eigenvalue weighted by Crippen LogP contribution is 2.36. The number of carbonyl (C=O) groups is 3. The fourth-order valence-electron chi connectivity index (χ4n) is 4.88. The Morgan fingerprint density at radius 2 is 1.77 bits per heavy atom. The van der Waals surface area contributed by atoms with Gasteiger partial charge in [0.25, 0.3) is 5.91 Å². The van der Waals surface area contributed by atoms with Gasteiger partial charge in [-0.3, -0.25) is 9.59 Å². The molecule has 43 heavy (non-hydrogen) atoms. The zero-order valence-electron chi connectivity index (χ0n) is 25.5. The van der Waals surface area contributed by atoms with Crippen molar-refractivity contribution in [1.82, 2.24) is 14.8 Å². The maximum atomic E-state index is 13.4. The summed E-state index contributed by atoms with van der Waals surface area (Å²) in [6.07, 6.45) is 4.31. The van der Waals surface area contributed by atoms with Crippen LogP contribution in [0.25, 0.3) is 11.0 Å². The monoisotopic (exact) mass is 613 g/mol. The summed E-state index contributed by atoms with van der Waals surface area (Å²) in [5, 5.41) is 6.64. The molecular weight excluding hydrogens is 574 g/mol. The topological polar surface area (TPSA) is 126 Å². The molecule has 2 heterocycles. The van der Waals surface area contributed by atoms with Gasteiger partial charge in [-0.1, -0.05) is 11.6 Å². The van der Waals surface area contributed by atoms with Gasteiger partial charge in [-0.15, -0.1) is 0 Å². The second-order valence-corrected chi connectivity index (χ2v) is 12.4. The molecule has 4 rings (SSSR count). The molecule has 0 saturated heterocycles. The second kappa shape index (κ2) is 13.6. The van der Waals surface area contributed by atoms with E-state index >= 15 is 0 Å². The number of ether oxygens (including phenoxy) is 2. The van der Waals surface area contributed by atoms with E-state index in [1.165, 1.54) is 11.1 Å². The molecule has 12 heteroatoms. The number of likely N-dealkylation sites (N-methyl/N-ethyl adjacent to an activating group) is 1. The zero-order chi connectivity index (χ0) is 31.3. The van der Waals surface area contributed by atoms with Crippen molar-refractivity contribution in [3.63, 3.8) is 0 Å². The molecule has 3 amide bonds. The molecule has 1 aromatic carbocycles. The molecule has 2 aromatic heterocycles. The molecule has 3 aromatic rings. The number of anilines is 2. The highest BCUT2D eigenvalue weighted by Gasteiger charge is 2.30. The molecule has 1 saturated carbocycles. The molecule has 0 unspecified atom stereocenters. The average Bonchev–Trinajstić information content (AvgIpc) is 3.31. The van der Waals surface area contributed by atoms with Crippen LogP contribution in [0, 0.1) is 5.92 Å². The summed E-state index contributed by atoms with van der Waals surface area (Å²) in [7, 11) is 5.74. The molecule has 0 atom stereocenters. The van der Waals surface area contributed by atoms with E-state index in [1.54, 1.807) is 58.2 Å². The van der Waals surface area contributed by atoms with Crippen LogP contribution in [0.15, 0.2) is 40.9 Å². The number of furan rings is 1. The minimum atomic E-state index is -0.599. The van der Waals surface area contributed by atoms with E-state index in [2.05, 4.69) is 34.6 Å². The number of nitrogens with one attached hydrogen (secondary N) is 2. The molecule has 0 spiro atoms.